The molecule has 1 fully saturated rings. The van der Waals surface area contributed by atoms with Gasteiger partial charge in [0.15, 0.2) is 5.82 Å². The molecular weight excluding hydrogens is 320 g/mol. The third kappa shape index (κ3) is 3.18. The van der Waals surface area contributed by atoms with Gasteiger partial charge in [-0.1, -0.05) is 0 Å². The molecular formula is C17H24N6O2. The molecule has 8 nitrogen and oxygen atoms in total. The molecule has 0 spiro atoms. The number of fused-ring (bicyclic) bond motifs is 1. The molecule has 4 heterocycles. The van der Waals surface area contributed by atoms with Crippen molar-refractivity contribution >= 4 is 5.91 Å². The van der Waals surface area contributed by atoms with Gasteiger partial charge in [-0.2, -0.15) is 5.10 Å². The third-order valence-electron chi connectivity index (χ3n) is 5.05. The van der Waals surface area contributed by atoms with E-state index in [2.05, 4.69) is 26.8 Å². The van der Waals surface area contributed by atoms with Crippen LogP contribution in [0.2, 0.25) is 0 Å². The van der Waals surface area contributed by atoms with Crippen LogP contribution in [0, 0.1) is 6.92 Å². The second kappa shape index (κ2) is 6.59. The molecule has 0 N–H and O–H groups in total. The van der Waals surface area contributed by atoms with E-state index in [1.807, 2.05) is 18.0 Å². The van der Waals surface area contributed by atoms with Gasteiger partial charge in [-0.05, 0) is 32.3 Å². The van der Waals surface area contributed by atoms with E-state index in [-0.39, 0.29) is 18.5 Å². The summed E-state index contributed by atoms with van der Waals surface area (Å²) in [5, 5.41) is 13.0. The molecule has 4 rings (SSSR count). The van der Waals surface area contributed by atoms with E-state index in [0.717, 1.165) is 43.3 Å². The smallest absolute Gasteiger partial charge is 0.244 e. The van der Waals surface area contributed by atoms with Gasteiger partial charge in [0.25, 0.3) is 0 Å². The van der Waals surface area contributed by atoms with Crippen molar-refractivity contribution in [2.45, 2.75) is 51.7 Å². The zero-order valence-electron chi connectivity index (χ0n) is 14.8. The topological polar surface area (TPSA) is 78.1 Å². The molecule has 0 saturated carbocycles. The lowest BCUT2D eigenvalue weighted by Crippen LogP contribution is -2.42. The van der Waals surface area contributed by atoms with Crippen LogP contribution in [0.3, 0.4) is 0 Å². The number of ether oxygens (including phenoxy) is 1. The molecule has 134 valence electrons. The van der Waals surface area contributed by atoms with Crippen molar-refractivity contribution in [2.75, 3.05) is 19.8 Å². The largest absolute Gasteiger partial charge is 0.381 e. The molecule has 0 aromatic carbocycles. The van der Waals surface area contributed by atoms with Crippen molar-refractivity contribution in [3.8, 4) is 0 Å². The van der Waals surface area contributed by atoms with Crippen LogP contribution in [-0.4, -0.2) is 55.1 Å². The summed E-state index contributed by atoms with van der Waals surface area (Å²) < 4.78 is 9.38. The average Bonchev–Trinajstić information content (AvgIpc) is 3.22. The number of amides is 1. The van der Waals surface area contributed by atoms with Crippen molar-refractivity contribution in [3.05, 3.63) is 29.6 Å². The summed E-state index contributed by atoms with van der Waals surface area (Å²) in [6.45, 7) is 7.14. The maximum Gasteiger partial charge on any atom is 0.244 e. The minimum absolute atomic E-state index is 0.0665. The van der Waals surface area contributed by atoms with Crippen molar-refractivity contribution in [3.63, 3.8) is 0 Å². The average molecular weight is 344 g/mol. The van der Waals surface area contributed by atoms with Crippen LogP contribution in [0.1, 0.15) is 48.9 Å². The number of aryl methyl sites for hydroxylation is 1. The van der Waals surface area contributed by atoms with Gasteiger partial charge >= 0.3 is 0 Å². The van der Waals surface area contributed by atoms with Gasteiger partial charge < -0.3 is 14.2 Å². The molecule has 2 aromatic rings. The molecule has 0 unspecified atom stereocenters. The van der Waals surface area contributed by atoms with E-state index in [9.17, 15) is 4.79 Å². The number of rotatable bonds is 3. The number of carbonyl (C=O) groups excluding carboxylic acids is 1. The quantitative estimate of drug-likeness (QED) is 0.838. The van der Waals surface area contributed by atoms with Crippen LogP contribution in [0.5, 0.6) is 0 Å². The highest BCUT2D eigenvalue weighted by molar-refractivity contribution is 5.76. The fraction of sp³-hybridized carbons (Fsp3) is 0.647. The van der Waals surface area contributed by atoms with Crippen molar-refractivity contribution in [1.82, 2.24) is 29.4 Å². The lowest BCUT2D eigenvalue weighted by atomic mass is 9.99. The minimum atomic E-state index is 0.0665. The minimum Gasteiger partial charge on any atom is -0.381 e. The second-order valence-electron chi connectivity index (χ2n) is 7.07. The predicted octanol–water partition coefficient (Wildman–Crippen LogP) is 1.28. The van der Waals surface area contributed by atoms with Gasteiger partial charge in [-0.25, -0.2) is 0 Å². The van der Waals surface area contributed by atoms with Crippen LogP contribution < -0.4 is 0 Å². The Morgan fingerprint density at radius 3 is 2.84 bits per heavy atom. The molecule has 0 aliphatic carbocycles. The maximum atomic E-state index is 12.6. The number of nitrogens with zero attached hydrogens (tertiary/aromatic N) is 6. The maximum absolute atomic E-state index is 12.6. The second-order valence-corrected chi connectivity index (χ2v) is 7.07. The zero-order valence-corrected chi connectivity index (χ0v) is 14.8. The predicted molar refractivity (Wildman–Crippen MR) is 89.9 cm³/mol. The van der Waals surface area contributed by atoms with E-state index in [4.69, 9.17) is 4.74 Å². The van der Waals surface area contributed by atoms with Gasteiger partial charge in [0.2, 0.25) is 5.91 Å². The van der Waals surface area contributed by atoms with Gasteiger partial charge in [-0.15, -0.1) is 10.2 Å². The SMILES string of the molecule is Cc1cnn(CC(=O)N2Cc3nnc(C4CCOCC4)n3[C@@H](C)C2)c1. The molecule has 2 aromatic heterocycles. The van der Waals surface area contributed by atoms with Crippen molar-refractivity contribution < 1.29 is 9.53 Å². The highest BCUT2D eigenvalue weighted by Crippen LogP contribution is 2.30. The molecule has 2 aliphatic heterocycles. The summed E-state index contributed by atoms with van der Waals surface area (Å²) in [4.78, 5) is 14.5. The Morgan fingerprint density at radius 2 is 2.12 bits per heavy atom. The first-order valence-corrected chi connectivity index (χ1v) is 8.90. The van der Waals surface area contributed by atoms with Gasteiger partial charge in [0, 0.05) is 31.9 Å². The molecule has 1 amide bonds. The third-order valence-corrected chi connectivity index (χ3v) is 5.05. The first kappa shape index (κ1) is 16.3. The monoisotopic (exact) mass is 344 g/mol. The van der Waals surface area contributed by atoms with E-state index < -0.39 is 0 Å². The lowest BCUT2D eigenvalue weighted by Gasteiger charge is -2.34. The summed E-state index contributed by atoms with van der Waals surface area (Å²) in [5.74, 6) is 2.41. The summed E-state index contributed by atoms with van der Waals surface area (Å²) in [5.41, 5.74) is 1.06. The zero-order chi connectivity index (χ0) is 17.4. The molecule has 1 saturated heterocycles. The lowest BCUT2D eigenvalue weighted by molar-refractivity contribution is -0.134. The molecule has 0 bridgehead atoms. The standard InChI is InChI=1S/C17H24N6O2/c1-12-7-18-22(8-12)11-16(24)21-9-13(2)23-15(10-21)19-20-17(23)14-3-5-25-6-4-14/h7-8,13-14H,3-6,9-11H2,1-2H3/t13-/m0/s1. The Balaban J connectivity index is 1.49. The first-order chi connectivity index (χ1) is 12.1. The van der Waals surface area contributed by atoms with E-state index >= 15 is 0 Å². The van der Waals surface area contributed by atoms with E-state index in [1.165, 1.54) is 0 Å². The summed E-state index contributed by atoms with van der Waals surface area (Å²) in [6, 6.07) is 0.180. The normalized spacial score (nSPS) is 21.4. The highest BCUT2D eigenvalue weighted by Gasteiger charge is 2.32. The van der Waals surface area contributed by atoms with Crippen molar-refractivity contribution in [1.29, 1.82) is 0 Å². The Kier molecular flexibility index (Phi) is 4.29. The van der Waals surface area contributed by atoms with Gasteiger partial charge in [0.05, 0.1) is 18.8 Å². The Labute approximate surface area is 146 Å². The molecule has 8 heteroatoms. The highest BCUT2D eigenvalue weighted by atomic mass is 16.5. The first-order valence-electron chi connectivity index (χ1n) is 8.90. The Morgan fingerprint density at radius 1 is 1.32 bits per heavy atom. The molecule has 1 atom stereocenters. The van der Waals surface area contributed by atoms with Crippen LogP contribution in [-0.2, 0) is 22.6 Å². The Bertz CT molecular complexity index is 761. The van der Waals surface area contributed by atoms with Gasteiger partial charge in [-0.3, -0.25) is 9.48 Å². The number of hydrogen-bond donors (Lipinski definition) is 0. The van der Waals surface area contributed by atoms with E-state index in [1.54, 1.807) is 10.9 Å². The number of hydrogen-bond acceptors (Lipinski definition) is 5. The Hall–Kier alpha value is -2.22. The number of aromatic nitrogens is 5. The van der Waals surface area contributed by atoms with Gasteiger partial charge in [0.1, 0.15) is 12.4 Å². The van der Waals surface area contributed by atoms with Crippen molar-refractivity contribution in [2.24, 2.45) is 0 Å². The van der Waals surface area contributed by atoms with Crippen LogP contribution in [0.4, 0.5) is 0 Å². The van der Waals surface area contributed by atoms with Crippen LogP contribution in [0.25, 0.3) is 0 Å². The molecule has 0 radical (unpaired) electrons. The van der Waals surface area contributed by atoms with E-state index in [0.29, 0.717) is 19.0 Å². The molecule has 2 aliphatic rings. The fourth-order valence-electron chi connectivity index (χ4n) is 3.78. The summed E-state index contributed by atoms with van der Waals surface area (Å²) in [7, 11) is 0. The van der Waals surface area contributed by atoms with Crippen LogP contribution >= 0.6 is 0 Å². The molecule has 25 heavy (non-hydrogen) atoms. The summed E-state index contributed by atoms with van der Waals surface area (Å²) >= 11 is 0. The number of carbonyl (C=O) groups is 1. The summed E-state index contributed by atoms with van der Waals surface area (Å²) in [6.07, 6.45) is 5.64. The van der Waals surface area contributed by atoms with Crippen LogP contribution in [0.15, 0.2) is 12.4 Å². The fourth-order valence-corrected chi connectivity index (χ4v) is 3.78.